The van der Waals surface area contributed by atoms with E-state index in [1.54, 1.807) is 19.1 Å². The first-order chi connectivity index (χ1) is 9.93. The largest absolute Gasteiger partial charge is 0.334 e. The van der Waals surface area contributed by atoms with Crippen molar-refractivity contribution in [1.29, 1.82) is 0 Å². The van der Waals surface area contributed by atoms with Crippen molar-refractivity contribution >= 4 is 52.0 Å². The molecule has 0 spiro atoms. The normalized spacial score (nSPS) is 14.9. The summed E-state index contributed by atoms with van der Waals surface area (Å²) in [6, 6.07) is 6.27. The highest BCUT2D eigenvalue weighted by molar-refractivity contribution is 14.1. The Balaban J connectivity index is 2.03. The van der Waals surface area contributed by atoms with Crippen LogP contribution in [-0.4, -0.2) is 46.6 Å². The van der Waals surface area contributed by atoms with Gasteiger partial charge in [-0.1, -0.05) is 0 Å². The molecule has 1 aliphatic heterocycles. The van der Waals surface area contributed by atoms with Crippen LogP contribution in [0.4, 0.5) is 10.5 Å². The van der Waals surface area contributed by atoms with Crippen LogP contribution in [0.3, 0.4) is 0 Å². The van der Waals surface area contributed by atoms with E-state index in [9.17, 15) is 19.2 Å². The Morgan fingerprint density at radius 1 is 1.10 bits per heavy atom. The third-order valence-corrected chi connectivity index (χ3v) is 3.60. The smallest absolute Gasteiger partial charge is 0.325 e. The molecule has 0 radical (unpaired) electrons. The first-order valence-corrected chi connectivity index (χ1v) is 7.24. The van der Waals surface area contributed by atoms with Gasteiger partial charge in [-0.2, -0.15) is 0 Å². The van der Waals surface area contributed by atoms with Gasteiger partial charge in [-0.15, -0.1) is 0 Å². The van der Waals surface area contributed by atoms with Crippen LogP contribution >= 0.6 is 22.6 Å². The van der Waals surface area contributed by atoms with E-state index in [0.29, 0.717) is 10.6 Å². The van der Waals surface area contributed by atoms with Gasteiger partial charge in [0.15, 0.2) is 0 Å². The molecule has 0 atom stereocenters. The lowest BCUT2D eigenvalue weighted by Gasteiger charge is -2.13. The Kier molecular flexibility index (Phi) is 4.56. The summed E-state index contributed by atoms with van der Waals surface area (Å²) < 4.78 is 1.01. The molecule has 0 saturated carbocycles. The number of urea groups is 1. The average Bonchev–Trinajstić information content (AvgIpc) is 2.65. The number of hydrogen-bond acceptors (Lipinski definition) is 4. The van der Waals surface area contributed by atoms with Crippen LogP contribution in [0.2, 0.25) is 0 Å². The molecule has 7 nitrogen and oxygen atoms in total. The summed E-state index contributed by atoms with van der Waals surface area (Å²) in [7, 11) is 0. The van der Waals surface area contributed by atoms with Crippen LogP contribution < -0.4 is 5.32 Å². The number of likely N-dealkylation sites (N-methyl/N-ethyl adjacent to an activating group) is 1. The first kappa shape index (κ1) is 15.4. The fourth-order valence-electron chi connectivity index (χ4n) is 1.85. The van der Waals surface area contributed by atoms with Crippen molar-refractivity contribution in [1.82, 2.24) is 9.80 Å². The lowest BCUT2D eigenvalue weighted by atomic mass is 10.3. The zero-order valence-electron chi connectivity index (χ0n) is 11.1. The summed E-state index contributed by atoms with van der Waals surface area (Å²) in [5.41, 5.74) is 0.554. The van der Waals surface area contributed by atoms with Gasteiger partial charge in [-0.05, 0) is 53.8 Å². The monoisotopic (exact) mass is 401 g/mol. The number of imide groups is 2. The van der Waals surface area contributed by atoms with Crippen molar-refractivity contribution in [2.75, 3.05) is 18.4 Å². The highest BCUT2D eigenvalue weighted by Crippen LogP contribution is 2.13. The van der Waals surface area contributed by atoms with Crippen LogP contribution in [0.5, 0.6) is 0 Å². The van der Waals surface area contributed by atoms with Crippen molar-refractivity contribution in [2.24, 2.45) is 0 Å². The molecular formula is C13H12IN3O4. The fourth-order valence-corrected chi connectivity index (χ4v) is 2.21. The van der Waals surface area contributed by atoms with Gasteiger partial charge in [0.1, 0.15) is 6.54 Å². The summed E-state index contributed by atoms with van der Waals surface area (Å²) >= 11 is 2.13. The third kappa shape index (κ3) is 3.20. The number of anilines is 1. The predicted molar refractivity (Wildman–Crippen MR) is 82.3 cm³/mol. The minimum absolute atomic E-state index is 0.0959. The number of halogens is 1. The average molecular weight is 401 g/mol. The summed E-state index contributed by atoms with van der Waals surface area (Å²) in [4.78, 5) is 48.3. The standard InChI is InChI=1S/C13H12IN3O4/c1-2-16-11(19)12(20)17(13(16)21)7-10(18)15-9-5-3-8(14)4-6-9/h3-6H,2,7H2,1H3,(H,15,18). The second kappa shape index (κ2) is 6.20. The third-order valence-electron chi connectivity index (χ3n) is 2.88. The Morgan fingerprint density at radius 2 is 1.67 bits per heavy atom. The molecule has 2 rings (SSSR count). The Hall–Kier alpha value is -1.97. The topological polar surface area (TPSA) is 86.8 Å². The predicted octanol–water partition coefficient (Wildman–Crippen LogP) is 1.04. The van der Waals surface area contributed by atoms with E-state index >= 15 is 0 Å². The van der Waals surface area contributed by atoms with Gasteiger partial charge < -0.3 is 5.32 Å². The van der Waals surface area contributed by atoms with Crippen molar-refractivity contribution in [3.05, 3.63) is 27.8 Å². The number of nitrogens with one attached hydrogen (secondary N) is 1. The summed E-state index contributed by atoms with van der Waals surface area (Å²) in [6.07, 6.45) is 0. The zero-order valence-corrected chi connectivity index (χ0v) is 13.3. The molecule has 1 saturated heterocycles. The number of carbonyl (C=O) groups is 4. The molecule has 0 aliphatic carbocycles. The molecule has 1 fully saturated rings. The maximum absolute atomic E-state index is 11.9. The number of nitrogens with zero attached hydrogens (tertiary/aromatic N) is 2. The van der Waals surface area contributed by atoms with E-state index in [1.807, 2.05) is 12.1 Å². The summed E-state index contributed by atoms with van der Waals surface area (Å²) in [5.74, 6) is -2.41. The fraction of sp³-hybridized carbons (Fsp3) is 0.231. The molecule has 8 heteroatoms. The maximum Gasteiger partial charge on any atom is 0.334 e. The molecule has 1 heterocycles. The molecule has 0 unspecified atom stereocenters. The van der Waals surface area contributed by atoms with Crippen molar-refractivity contribution in [3.63, 3.8) is 0 Å². The highest BCUT2D eigenvalue weighted by atomic mass is 127. The summed E-state index contributed by atoms with van der Waals surface area (Å²) in [5, 5.41) is 2.57. The minimum atomic E-state index is -0.973. The van der Waals surface area contributed by atoms with Crippen molar-refractivity contribution in [3.8, 4) is 0 Å². The first-order valence-electron chi connectivity index (χ1n) is 6.16. The van der Waals surface area contributed by atoms with Crippen LogP contribution in [0.15, 0.2) is 24.3 Å². The lowest BCUT2D eigenvalue weighted by Crippen LogP contribution is -2.38. The Morgan fingerprint density at radius 3 is 2.19 bits per heavy atom. The lowest BCUT2D eigenvalue weighted by molar-refractivity contribution is -0.143. The second-order valence-electron chi connectivity index (χ2n) is 4.28. The van der Waals surface area contributed by atoms with E-state index in [-0.39, 0.29) is 6.54 Å². The van der Waals surface area contributed by atoms with Crippen LogP contribution in [0.25, 0.3) is 0 Å². The minimum Gasteiger partial charge on any atom is -0.325 e. The van der Waals surface area contributed by atoms with Crippen LogP contribution in [-0.2, 0) is 14.4 Å². The molecule has 0 aromatic heterocycles. The van der Waals surface area contributed by atoms with Gasteiger partial charge in [0.05, 0.1) is 0 Å². The van der Waals surface area contributed by atoms with Crippen LogP contribution in [0.1, 0.15) is 6.92 Å². The van der Waals surface area contributed by atoms with E-state index in [1.165, 1.54) is 0 Å². The van der Waals surface area contributed by atoms with E-state index in [4.69, 9.17) is 0 Å². The van der Waals surface area contributed by atoms with Crippen molar-refractivity contribution < 1.29 is 19.2 Å². The van der Waals surface area contributed by atoms with Gasteiger partial charge >= 0.3 is 17.8 Å². The van der Waals surface area contributed by atoms with E-state index in [2.05, 4.69) is 27.9 Å². The van der Waals surface area contributed by atoms with Crippen LogP contribution in [0, 0.1) is 3.57 Å². The molecular weight excluding hydrogens is 389 g/mol. The number of carbonyl (C=O) groups excluding carboxylic acids is 4. The molecule has 5 amide bonds. The number of rotatable bonds is 4. The van der Waals surface area contributed by atoms with Gasteiger partial charge in [-0.25, -0.2) is 9.69 Å². The number of benzene rings is 1. The van der Waals surface area contributed by atoms with Gasteiger partial charge in [0, 0.05) is 15.8 Å². The molecule has 110 valence electrons. The van der Waals surface area contributed by atoms with Gasteiger partial charge in [-0.3, -0.25) is 19.3 Å². The molecule has 1 N–H and O–H groups in total. The molecule has 21 heavy (non-hydrogen) atoms. The van der Waals surface area contributed by atoms with Gasteiger partial charge in [0.25, 0.3) is 0 Å². The maximum atomic E-state index is 11.9. The summed E-state index contributed by atoms with van der Waals surface area (Å²) in [6.45, 7) is 1.20. The van der Waals surface area contributed by atoms with E-state index in [0.717, 1.165) is 8.47 Å². The quantitative estimate of drug-likeness (QED) is 0.464. The molecule has 1 aliphatic rings. The number of amides is 5. The molecule has 1 aromatic carbocycles. The highest BCUT2D eigenvalue weighted by Gasteiger charge is 2.44. The zero-order chi connectivity index (χ0) is 15.6. The molecule has 1 aromatic rings. The number of hydrogen-bond donors (Lipinski definition) is 1. The van der Waals surface area contributed by atoms with E-state index < -0.39 is 30.3 Å². The molecule has 0 bridgehead atoms. The second-order valence-corrected chi connectivity index (χ2v) is 5.52. The Labute approximate surface area is 134 Å². The van der Waals surface area contributed by atoms with Gasteiger partial charge in [0.2, 0.25) is 5.91 Å². The SMILES string of the molecule is CCN1C(=O)C(=O)N(CC(=O)Nc2ccc(I)cc2)C1=O. The van der Waals surface area contributed by atoms with Crippen molar-refractivity contribution in [2.45, 2.75) is 6.92 Å². The Bertz CT molecular complexity index is 614.